The second-order valence-corrected chi connectivity index (χ2v) is 4.47. The number of carbonyl (C=O) groups is 1. The first-order valence-electron chi connectivity index (χ1n) is 5.90. The van der Waals surface area contributed by atoms with Gasteiger partial charge in [-0.1, -0.05) is 6.07 Å². The molecule has 6 nitrogen and oxygen atoms in total. The molecule has 0 spiro atoms. The number of tetrazole rings is 1. The molecular formula is C12H14ClN5O. The van der Waals surface area contributed by atoms with E-state index in [1.807, 2.05) is 25.1 Å². The Balaban J connectivity index is 2.16. The Hall–Kier alpha value is -1.95. The molecule has 1 heterocycles. The second-order valence-electron chi connectivity index (χ2n) is 4.09. The van der Waals surface area contributed by atoms with Gasteiger partial charge in [0.2, 0.25) is 5.91 Å². The van der Waals surface area contributed by atoms with E-state index in [1.54, 1.807) is 0 Å². The zero-order valence-electron chi connectivity index (χ0n) is 10.5. The third-order valence-electron chi connectivity index (χ3n) is 2.65. The van der Waals surface area contributed by atoms with E-state index in [0.717, 1.165) is 16.9 Å². The van der Waals surface area contributed by atoms with E-state index in [0.29, 0.717) is 18.7 Å². The van der Waals surface area contributed by atoms with Gasteiger partial charge in [-0.25, -0.2) is 4.68 Å². The van der Waals surface area contributed by atoms with Crippen LogP contribution >= 0.6 is 11.6 Å². The van der Waals surface area contributed by atoms with Crippen molar-refractivity contribution in [3.05, 3.63) is 30.1 Å². The van der Waals surface area contributed by atoms with Crippen LogP contribution in [0.25, 0.3) is 5.69 Å². The lowest BCUT2D eigenvalue weighted by molar-refractivity contribution is -0.116. The van der Waals surface area contributed by atoms with Crippen molar-refractivity contribution in [3.8, 4) is 5.69 Å². The predicted octanol–water partition coefficient (Wildman–Crippen LogP) is 1.93. The lowest BCUT2D eigenvalue weighted by Gasteiger charge is -2.10. The van der Waals surface area contributed by atoms with Crippen LogP contribution in [0, 0.1) is 6.92 Å². The minimum atomic E-state index is -0.0439. The molecule has 0 saturated heterocycles. The number of benzene rings is 1. The summed E-state index contributed by atoms with van der Waals surface area (Å²) in [5.74, 6) is 0.439. The Bertz CT molecular complexity index is 555. The molecular weight excluding hydrogens is 266 g/mol. The molecule has 100 valence electrons. The second kappa shape index (κ2) is 6.29. The number of aromatic nitrogens is 4. The SMILES string of the molecule is Cc1ccc(-n2cnnn2)cc1NC(=O)CCCCl. The number of aryl methyl sites for hydroxylation is 1. The average Bonchev–Trinajstić information content (AvgIpc) is 2.93. The van der Waals surface area contributed by atoms with Gasteiger partial charge < -0.3 is 5.32 Å². The number of halogens is 1. The zero-order chi connectivity index (χ0) is 13.7. The van der Waals surface area contributed by atoms with Crippen LogP contribution in [0.1, 0.15) is 18.4 Å². The molecule has 1 amide bonds. The molecule has 0 aliphatic heterocycles. The molecule has 2 aromatic rings. The third kappa shape index (κ3) is 3.51. The molecule has 1 N–H and O–H groups in total. The number of carbonyl (C=O) groups excluding carboxylic acids is 1. The summed E-state index contributed by atoms with van der Waals surface area (Å²) in [7, 11) is 0. The number of rotatable bonds is 5. The van der Waals surface area contributed by atoms with Crippen molar-refractivity contribution < 1.29 is 4.79 Å². The Morgan fingerprint density at radius 1 is 1.47 bits per heavy atom. The van der Waals surface area contributed by atoms with Crippen molar-refractivity contribution in [2.24, 2.45) is 0 Å². The Morgan fingerprint density at radius 3 is 3.00 bits per heavy atom. The van der Waals surface area contributed by atoms with Crippen molar-refractivity contribution in [3.63, 3.8) is 0 Å². The normalized spacial score (nSPS) is 10.4. The minimum Gasteiger partial charge on any atom is -0.326 e. The Labute approximate surface area is 115 Å². The van der Waals surface area contributed by atoms with E-state index in [9.17, 15) is 4.79 Å². The van der Waals surface area contributed by atoms with Crippen LogP contribution in [0.15, 0.2) is 24.5 Å². The van der Waals surface area contributed by atoms with Crippen LogP contribution in [0.3, 0.4) is 0 Å². The first-order valence-corrected chi connectivity index (χ1v) is 6.44. The number of alkyl halides is 1. The lowest BCUT2D eigenvalue weighted by atomic mass is 10.1. The van der Waals surface area contributed by atoms with Crippen molar-refractivity contribution in [1.29, 1.82) is 0 Å². The maximum atomic E-state index is 11.7. The summed E-state index contributed by atoms with van der Waals surface area (Å²) in [6, 6.07) is 5.64. The minimum absolute atomic E-state index is 0.0439. The lowest BCUT2D eigenvalue weighted by Crippen LogP contribution is -2.12. The highest BCUT2D eigenvalue weighted by Crippen LogP contribution is 2.19. The number of hydrogen-bond donors (Lipinski definition) is 1. The van der Waals surface area contributed by atoms with Crippen molar-refractivity contribution >= 4 is 23.2 Å². The van der Waals surface area contributed by atoms with Gasteiger partial charge >= 0.3 is 0 Å². The van der Waals surface area contributed by atoms with Gasteiger partial charge in [0, 0.05) is 18.0 Å². The van der Waals surface area contributed by atoms with Crippen LogP contribution in [0.4, 0.5) is 5.69 Å². The summed E-state index contributed by atoms with van der Waals surface area (Å²) in [6.45, 7) is 1.93. The topological polar surface area (TPSA) is 72.7 Å². The molecule has 7 heteroatoms. The summed E-state index contributed by atoms with van der Waals surface area (Å²) in [6.07, 6.45) is 2.58. The van der Waals surface area contributed by atoms with Gasteiger partial charge in [0.25, 0.3) is 0 Å². The van der Waals surface area contributed by atoms with E-state index < -0.39 is 0 Å². The zero-order valence-corrected chi connectivity index (χ0v) is 11.3. The van der Waals surface area contributed by atoms with Crippen molar-refractivity contribution in [2.75, 3.05) is 11.2 Å². The first-order chi connectivity index (χ1) is 9.20. The maximum absolute atomic E-state index is 11.7. The molecule has 19 heavy (non-hydrogen) atoms. The van der Waals surface area contributed by atoms with E-state index in [-0.39, 0.29) is 5.91 Å². The van der Waals surface area contributed by atoms with Gasteiger partial charge in [0.15, 0.2) is 0 Å². The molecule has 0 saturated carbocycles. The van der Waals surface area contributed by atoms with Crippen molar-refractivity contribution in [2.45, 2.75) is 19.8 Å². The van der Waals surface area contributed by atoms with Gasteiger partial charge in [-0.15, -0.1) is 16.7 Å². The molecule has 0 bridgehead atoms. The number of nitrogens with zero attached hydrogens (tertiary/aromatic N) is 4. The molecule has 0 radical (unpaired) electrons. The first kappa shape index (κ1) is 13.5. The predicted molar refractivity (Wildman–Crippen MR) is 72.5 cm³/mol. The molecule has 0 atom stereocenters. The van der Waals surface area contributed by atoms with Crippen molar-refractivity contribution in [1.82, 2.24) is 20.2 Å². The third-order valence-corrected chi connectivity index (χ3v) is 2.91. The summed E-state index contributed by atoms with van der Waals surface area (Å²) < 4.78 is 1.54. The summed E-state index contributed by atoms with van der Waals surface area (Å²) in [5.41, 5.74) is 2.53. The molecule has 1 aromatic heterocycles. The van der Waals surface area contributed by atoms with E-state index in [1.165, 1.54) is 11.0 Å². The number of amides is 1. The summed E-state index contributed by atoms with van der Waals surface area (Å²) in [5, 5.41) is 13.8. The highest BCUT2D eigenvalue weighted by molar-refractivity contribution is 6.18. The average molecular weight is 280 g/mol. The molecule has 0 fully saturated rings. The fraction of sp³-hybridized carbons (Fsp3) is 0.333. The summed E-state index contributed by atoms with van der Waals surface area (Å²) in [4.78, 5) is 11.7. The Morgan fingerprint density at radius 2 is 2.32 bits per heavy atom. The van der Waals surface area contributed by atoms with Gasteiger partial charge in [0.05, 0.1) is 5.69 Å². The van der Waals surface area contributed by atoms with Crippen LogP contribution < -0.4 is 5.32 Å². The summed E-state index contributed by atoms with van der Waals surface area (Å²) >= 11 is 5.57. The van der Waals surface area contributed by atoms with Gasteiger partial charge in [-0.2, -0.15) is 0 Å². The number of hydrogen-bond acceptors (Lipinski definition) is 4. The molecule has 2 rings (SSSR count). The van der Waals surface area contributed by atoms with E-state index in [4.69, 9.17) is 11.6 Å². The largest absolute Gasteiger partial charge is 0.326 e. The number of anilines is 1. The van der Waals surface area contributed by atoms with Crippen LogP contribution in [-0.2, 0) is 4.79 Å². The standard InChI is InChI=1S/C12H14ClN5O/c1-9-4-5-10(18-8-14-16-17-18)7-11(9)15-12(19)3-2-6-13/h4-5,7-8H,2-3,6H2,1H3,(H,15,19). The fourth-order valence-corrected chi connectivity index (χ4v) is 1.74. The fourth-order valence-electron chi connectivity index (χ4n) is 1.61. The molecule has 0 aliphatic carbocycles. The van der Waals surface area contributed by atoms with Gasteiger partial charge in [-0.3, -0.25) is 4.79 Å². The van der Waals surface area contributed by atoms with Gasteiger partial charge in [0.1, 0.15) is 6.33 Å². The smallest absolute Gasteiger partial charge is 0.224 e. The van der Waals surface area contributed by atoms with Gasteiger partial charge in [-0.05, 0) is 41.5 Å². The monoisotopic (exact) mass is 279 g/mol. The highest BCUT2D eigenvalue weighted by Gasteiger charge is 2.07. The molecule has 0 aliphatic rings. The van der Waals surface area contributed by atoms with E-state index in [2.05, 4.69) is 20.8 Å². The number of nitrogens with one attached hydrogen (secondary N) is 1. The van der Waals surface area contributed by atoms with Crippen LogP contribution in [-0.4, -0.2) is 32.0 Å². The quantitative estimate of drug-likeness (QED) is 0.849. The maximum Gasteiger partial charge on any atom is 0.224 e. The molecule has 1 aromatic carbocycles. The van der Waals surface area contributed by atoms with Crippen LogP contribution in [0.5, 0.6) is 0 Å². The van der Waals surface area contributed by atoms with E-state index >= 15 is 0 Å². The highest BCUT2D eigenvalue weighted by atomic mass is 35.5. The van der Waals surface area contributed by atoms with Crippen LogP contribution in [0.2, 0.25) is 0 Å². The Kier molecular flexibility index (Phi) is 4.46. The molecule has 0 unspecified atom stereocenters.